The zero-order valence-corrected chi connectivity index (χ0v) is 20.7. The van der Waals surface area contributed by atoms with Crippen molar-refractivity contribution >= 4 is 22.9 Å². The van der Waals surface area contributed by atoms with Gasteiger partial charge in [0, 0.05) is 5.56 Å². The molecule has 0 aromatic heterocycles. The largest absolute Gasteiger partial charge is 0.573 e. The van der Waals surface area contributed by atoms with E-state index in [9.17, 15) is 22.8 Å². The van der Waals surface area contributed by atoms with E-state index in [0.29, 0.717) is 11.1 Å². The SMILES string of the molecule is Cc1cc2c(cc1-c1c(CN3C(=O)CSC3=O)cccc1OC(F)(F)F)C(C)(C)CCC2(C)C. The number of aryl methyl sites for hydroxylation is 1. The standard InChI is InChI=1S/C26H28F3NO3S/c1-15-11-18-19(25(4,5)10-9-24(18,2)3)12-17(15)22-16(13-30-21(31)14-34-23(30)32)7-6-8-20(22)33-26(27,28)29/h6-8,11-12H,9-10,13-14H2,1-5H3. The molecule has 34 heavy (non-hydrogen) atoms. The molecule has 0 spiro atoms. The van der Waals surface area contributed by atoms with Crippen molar-refractivity contribution in [1.29, 1.82) is 0 Å². The second-order valence-electron chi connectivity index (χ2n) is 10.4. The molecule has 0 saturated carbocycles. The van der Waals surface area contributed by atoms with Crippen LogP contribution in [0.4, 0.5) is 18.0 Å². The Kier molecular flexibility index (Phi) is 6.03. The van der Waals surface area contributed by atoms with Crippen LogP contribution in [0.5, 0.6) is 5.75 Å². The second kappa shape index (κ2) is 8.33. The van der Waals surface area contributed by atoms with Crippen LogP contribution in [0.3, 0.4) is 0 Å². The number of nitrogens with zero attached hydrogens (tertiary/aromatic N) is 1. The lowest BCUT2D eigenvalue weighted by Crippen LogP contribution is -2.34. The molecule has 1 heterocycles. The van der Waals surface area contributed by atoms with Crippen molar-refractivity contribution in [3.05, 3.63) is 52.6 Å². The number of rotatable bonds is 4. The smallest absolute Gasteiger partial charge is 0.405 e. The number of imide groups is 1. The fraction of sp³-hybridized carbons (Fsp3) is 0.462. The fourth-order valence-electron chi connectivity index (χ4n) is 4.92. The Morgan fingerprint density at radius 1 is 1.03 bits per heavy atom. The van der Waals surface area contributed by atoms with E-state index in [1.54, 1.807) is 6.07 Å². The van der Waals surface area contributed by atoms with Crippen LogP contribution in [0.2, 0.25) is 0 Å². The summed E-state index contributed by atoms with van der Waals surface area (Å²) in [7, 11) is 0. The van der Waals surface area contributed by atoms with Crippen LogP contribution in [0.1, 0.15) is 62.8 Å². The summed E-state index contributed by atoms with van der Waals surface area (Å²) in [6, 6.07) is 8.44. The van der Waals surface area contributed by atoms with Gasteiger partial charge in [0.1, 0.15) is 5.75 Å². The molecule has 0 radical (unpaired) electrons. The number of hydrogen-bond donors (Lipinski definition) is 0. The third-order valence-electron chi connectivity index (χ3n) is 6.97. The molecule has 0 N–H and O–H groups in total. The van der Waals surface area contributed by atoms with E-state index in [1.165, 1.54) is 17.7 Å². The summed E-state index contributed by atoms with van der Waals surface area (Å²) >= 11 is 0.896. The Morgan fingerprint density at radius 3 is 2.21 bits per heavy atom. The summed E-state index contributed by atoms with van der Waals surface area (Å²) in [6.07, 6.45) is -2.91. The van der Waals surface area contributed by atoms with Crippen LogP contribution in [0.25, 0.3) is 11.1 Å². The minimum atomic E-state index is -4.88. The Hall–Kier alpha value is -2.48. The Labute approximate surface area is 201 Å². The predicted molar refractivity (Wildman–Crippen MR) is 127 cm³/mol. The van der Waals surface area contributed by atoms with E-state index in [2.05, 4.69) is 38.5 Å². The van der Waals surface area contributed by atoms with Gasteiger partial charge in [0.25, 0.3) is 5.24 Å². The summed E-state index contributed by atoms with van der Waals surface area (Å²) in [5.74, 6) is -0.658. The van der Waals surface area contributed by atoms with Crippen LogP contribution in [-0.4, -0.2) is 28.2 Å². The zero-order valence-electron chi connectivity index (χ0n) is 19.9. The molecule has 2 aliphatic rings. The van der Waals surface area contributed by atoms with E-state index < -0.39 is 11.6 Å². The molecule has 2 amide bonds. The van der Waals surface area contributed by atoms with Crippen LogP contribution in [-0.2, 0) is 22.2 Å². The fourth-order valence-corrected chi connectivity index (χ4v) is 5.64. The number of alkyl halides is 3. The third-order valence-corrected chi connectivity index (χ3v) is 7.83. The van der Waals surface area contributed by atoms with Gasteiger partial charge in [-0.1, -0.05) is 57.7 Å². The molecule has 2 aromatic rings. The van der Waals surface area contributed by atoms with Gasteiger partial charge in [-0.2, -0.15) is 0 Å². The molecule has 0 atom stereocenters. The molecule has 182 valence electrons. The summed E-state index contributed by atoms with van der Waals surface area (Å²) in [6.45, 7) is 10.4. The van der Waals surface area contributed by atoms with Crippen LogP contribution >= 0.6 is 11.8 Å². The summed E-state index contributed by atoms with van der Waals surface area (Å²) in [4.78, 5) is 25.5. The zero-order chi connectivity index (χ0) is 25.1. The number of halogens is 3. The number of carbonyl (C=O) groups excluding carboxylic acids is 2. The highest BCUT2D eigenvalue weighted by molar-refractivity contribution is 8.14. The quantitative estimate of drug-likeness (QED) is 0.457. The number of thioether (sulfide) groups is 1. The van der Waals surface area contributed by atoms with Gasteiger partial charge in [0.2, 0.25) is 5.91 Å². The first-order valence-electron chi connectivity index (χ1n) is 11.2. The molecule has 2 aromatic carbocycles. The number of fused-ring (bicyclic) bond motifs is 1. The highest BCUT2D eigenvalue weighted by Gasteiger charge is 2.39. The molecule has 1 aliphatic heterocycles. The second-order valence-corrected chi connectivity index (χ2v) is 11.3. The molecular formula is C26H28F3NO3S. The predicted octanol–water partition coefficient (Wildman–Crippen LogP) is 7.11. The van der Waals surface area contributed by atoms with Gasteiger partial charge in [0.05, 0.1) is 12.3 Å². The molecule has 1 fully saturated rings. The number of amides is 2. The number of carbonyl (C=O) groups is 2. The lowest BCUT2D eigenvalue weighted by molar-refractivity contribution is -0.274. The highest BCUT2D eigenvalue weighted by Crippen LogP contribution is 2.49. The van der Waals surface area contributed by atoms with Crippen molar-refractivity contribution in [2.45, 2.75) is 71.2 Å². The summed E-state index contributed by atoms with van der Waals surface area (Å²) < 4.78 is 44.5. The summed E-state index contributed by atoms with van der Waals surface area (Å²) in [5.41, 5.74) is 4.22. The van der Waals surface area contributed by atoms with E-state index in [0.717, 1.165) is 40.6 Å². The molecule has 8 heteroatoms. The van der Waals surface area contributed by atoms with E-state index in [4.69, 9.17) is 0 Å². The average molecular weight is 492 g/mol. The first-order valence-corrected chi connectivity index (χ1v) is 12.2. The molecule has 4 nitrogen and oxygen atoms in total. The maximum atomic E-state index is 13.4. The van der Waals surface area contributed by atoms with Crippen molar-refractivity contribution in [3.63, 3.8) is 0 Å². The topological polar surface area (TPSA) is 46.6 Å². The van der Waals surface area contributed by atoms with Crippen molar-refractivity contribution in [3.8, 4) is 16.9 Å². The van der Waals surface area contributed by atoms with Crippen molar-refractivity contribution < 1.29 is 27.5 Å². The highest BCUT2D eigenvalue weighted by atomic mass is 32.2. The van der Waals surface area contributed by atoms with Gasteiger partial charge in [-0.05, 0) is 70.5 Å². The van der Waals surface area contributed by atoms with Gasteiger partial charge in [-0.15, -0.1) is 13.2 Å². The Balaban J connectivity index is 1.94. The molecule has 0 unspecified atom stereocenters. The molecule has 4 rings (SSSR count). The number of benzene rings is 2. The van der Waals surface area contributed by atoms with Gasteiger partial charge < -0.3 is 4.74 Å². The van der Waals surface area contributed by atoms with Crippen molar-refractivity contribution in [2.24, 2.45) is 0 Å². The average Bonchev–Trinajstić information content (AvgIpc) is 3.03. The Morgan fingerprint density at radius 2 is 1.65 bits per heavy atom. The van der Waals surface area contributed by atoms with E-state index >= 15 is 0 Å². The van der Waals surface area contributed by atoms with Gasteiger partial charge in [-0.25, -0.2) is 0 Å². The minimum Gasteiger partial charge on any atom is -0.405 e. The molecule has 1 saturated heterocycles. The summed E-state index contributed by atoms with van der Waals surface area (Å²) in [5, 5.41) is -0.400. The maximum Gasteiger partial charge on any atom is 0.573 e. The minimum absolute atomic E-state index is 0.0358. The lowest BCUT2D eigenvalue weighted by Gasteiger charge is -2.42. The first-order chi connectivity index (χ1) is 15.7. The Bertz CT molecular complexity index is 1150. The van der Waals surface area contributed by atoms with Crippen LogP contribution < -0.4 is 4.74 Å². The lowest BCUT2D eigenvalue weighted by atomic mass is 9.62. The molecular weight excluding hydrogens is 463 g/mol. The van der Waals surface area contributed by atoms with Gasteiger partial charge in [0.15, 0.2) is 0 Å². The van der Waals surface area contributed by atoms with E-state index in [1.807, 2.05) is 13.0 Å². The molecule has 0 bridgehead atoms. The van der Waals surface area contributed by atoms with Crippen LogP contribution in [0, 0.1) is 6.92 Å². The number of hydrogen-bond acceptors (Lipinski definition) is 4. The van der Waals surface area contributed by atoms with Crippen molar-refractivity contribution in [2.75, 3.05) is 5.75 Å². The van der Waals surface area contributed by atoms with Gasteiger partial charge >= 0.3 is 6.36 Å². The monoisotopic (exact) mass is 491 g/mol. The third kappa shape index (κ3) is 4.57. The molecule has 1 aliphatic carbocycles. The first kappa shape index (κ1) is 24.6. The maximum absolute atomic E-state index is 13.4. The van der Waals surface area contributed by atoms with Crippen molar-refractivity contribution in [1.82, 2.24) is 4.90 Å². The van der Waals surface area contributed by atoms with Crippen LogP contribution in [0.15, 0.2) is 30.3 Å². The van der Waals surface area contributed by atoms with E-state index in [-0.39, 0.29) is 40.3 Å². The normalized spacial score (nSPS) is 19.4. The van der Waals surface area contributed by atoms with Gasteiger partial charge in [-0.3, -0.25) is 14.5 Å². The number of ether oxygens (including phenoxy) is 1.